The third-order valence-electron chi connectivity index (χ3n) is 6.05. The summed E-state index contributed by atoms with van der Waals surface area (Å²) in [6.07, 6.45) is 0. The van der Waals surface area contributed by atoms with Gasteiger partial charge in [0.25, 0.3) is 5.91 Å². The number of hydrogen-bond acceptors (Lipinski definition) is 2. The van der Waals surface area contributed by atoms with Gasteiger partial charge in [0.1, 0.15) is 12.6 Å². The molecule has 1 aliphatic heterocycles. The average molecular weight is 491 g/mol. The molecule has 0 saturated carbocycles. The van der Waals surface area contributed by atoms with Crippen LogP contribution in [0.2, 0.25) is 0 Å². The molecule has 4 nitrogen and oxygen atoms in total. The number of aryl methyl sites for hydroxylation is 2. The van der Waals surface area contributed by atoms with Crippen molar-refractivity contribution >= 4 is 39.1 Å². The molecule has 3 aromatic rings. The zero-order chi connectivity index (χ0) is 23.0. The first kappa shape index (κ1) is 22.3. The molecular formula is C27H27BrN2O2. The predicted octanol–water partition coefficient (Wildman–Crippen LogP) is 6.31. The van der Waals surface area contributed by atoms with Crippen LogP contribution in [0.4, 0.5) is 11.4 Å². The Morgan fingerprint density at radius 3 is 2.03 bits per heavy atom. The van der Waals surface area contributed by atoms with E-state index in [0.29, 0.717) is 11.6 Å². The summed E-state index contributed by atoms with van der Waals surface area (Å²) in [6, 6.07) is 20.8. The molecule has 0 radical (unpaired) electrons. The zero-order valence-corrected chi connectivity index (χ0v) is 20.4. The van der Waals surface area contributed by atoms with Crippen LogP contribution in [0, 0.1) is 13.8 Å². The van der Waals surface area contributed by atoms with Gasteiger partial charge in [-0.15, -0.1) is 0 Å². The smallest absolute Gasteiger partial charge is 0.255 e. The number of rotatable bonds is 4. The summed E-state index contributed by atoms with van der Waals surface area (Å²) in [4.78, 5) is 30.8. The van der Waals surface area contributed by atoms with Gasteiger partial charge < -0.3 is 4.90 Å². The van der Waals surface area contributed by atoms with E-state index in [-0.39, 0.29) is 18.4 Å². The summed E-state index contributed by atoms with van der Waals surface area (Å²) in [5.41, 5.74) is 5.52. The Labute approximate surface area is 198 Å². The predicted molar refractivity (Wildman–Crippen MR) is 133 cm³/mol. The minimum absolute atomic E-state index is 0.0150. The molecule has 4 rings (SSSR count). The van der Waals surface area contributed by atoms with Gasteiger partial charge in [-0.3, -0.25) is 14.5 Å². The van der Waals surface area contributed by atoms with E-state index in [2.05, 4.69) is 41.9 Å². The first-order valence-corrected chi connectivity index (χ1v) is 11.6. The van der Waals surface area contributed by atoms with Gasteiger partial charge in [-0.25, -0.2) is 0 Å². The topological polar surface area (TPSA) is 40.6 Å². The highest BCUT2D eigenvalue weighted by Crippen LogP contribution is 2.37. The number of carbonyl (C=O) groups excluding carboxylic acids is 2. The normalized spacial score (nSPS) is 16.8. The fourth-order valence-corrected chi connectivity index (χ4v) is 4.63. The Kier molecular flexibility index (Phi) is 6.20. The van der Waals surface area contributed by atoms with Crippen LogP contribution in [0.1, 0.15) is 48.1 Å². The number of halogens is 1. The molecule has 2 amide bonds. The lowest BCUT2D eigenvalue weighted by atomic mass is 9.95. The fraction of sp³-hybridized carbons (Fsp3) is 0.259. The zero-order valence-electron chi connectivity index (χ0n) is 18.8. The maximum atomic E-state index is 14.0. The van der Waals surface area contributed by atoms with Gasteiger partial charge in [-0.05, 0) is 66.3 Å². The number of para-hydroxylation sites is 1. The van der Waals surface area contributed by atoms with E-state index < -0.39 is 6.04 Å². The summed E-state index contributed by atoms with van der Waals surface area (Å²) < 4.78 is 0.923. The SMILES string of the molecule is Cc1cccc(C)c1N1CC(=O)N(c2ccc(Br)cc2)C(c2ccc(C(C)C)cc2)C1=O. The first-order chi connectivity index (χ1) is 15.3. The highest BCUT2D eigenvalue weighted by Gasteiger charge is 2.42. The molecule has 0 N–H and O–H groups in total. The molecule has 1 unspecified atom stereocenters. The third kappa shape index (κ3) is 4.09. The Morgan fingerprint density at radius 2 is 1.47 bits per heavy atom. The molecule has 0 aromatic heterocycles. The standard InChI is InChI=1S/C27H27BrN2O2/c1-17(2)20-8-10-21(11-9-20)26-27(32)29(25-18(3)6-5-7-19(25)4)16-24(31)30(26)23-14-12-22(28)13-15-23/h5-15,17,26H,16H2,1-4H3. The molecule has 32 heavy (non-hydrogen) atoms. The van der Waals surface area contributed by atoms with Gasteiger partial charge in [0.05, 0.1) is 5.69 Å². The van der Waals surface area contributed by atoms with E-state index in [4.69, 9.17) is 0 Å². The molecule has 1 fully saturated rings. The van der Waals surface area contributed by atoms with Crippen molar-refractivity contribution in [3.8, 4) is 0 Å². The minimum Gasteiger partial charge on any atom is -0.300 e. The van der Waals surface area contributed by atoms with Crippen molar-refractivity contribution in [1.29, 1.82) is 0 Å². The van der Waals surface area contributed by atoms with E-state index in [1.807, 2.05) is 68.4 Å². The van der Waals surface area contributed by atoms with Crippen LogP contribution in [0.25, 0.3) is 0 Å². The van der Waals surface area contributed by atoms with Crippen LogP contribution in [-0.4, -0.2) is 18.4 Å². The van der Waals surface area contributed by atoms with Gasteiger partial charge in [0.2, 0.25) is 5.91 Å². The van der Waals surface area contributed by atoms with Gasteiger partial charge >= 0.3 is 0 Å². The summed E-state index contributed by atoms with van der Waals surface area (Å²) in [5.74, 6) is 0.191. The van der Waals surface area contributed by atoms with Crippen molar-refractivity contribution in [2.45, 2.75) is 39.7 Å². The largest absolute Gasteiger partial charge is 0.300 e. The lowest BCUT2D eigenvalue weighted by Gasteiger charge is -2.41. The molecule has 5 heteroatoms. The second-order valence-corrected chi connectivity index (χ2v) is 9.54. The number of benzene rings is 3. The molecule has 1 heterocycles. The van der Waals surface area contributed by atoms with Crippen LogP contribution in [-0.2, 0) is 9.59 Å². The van der Waals surface area contributed by atoms with E-state index in [9.17, 15) is 9.59 Å². The monoisotopic (exact) mass is 490 g/mol. The highest BCUT2D eigenvalue weighted by atomic mass is 79.9. The van der Waals surface area contributed by atoms with E-state index in [0.717, 1.165) is 26.9 Å². The second kappa shape index (κ2) is 8.91. The average Bonchev–Trinajstić information content (AvgIpc) is 2.76. The number of nitrogens with zero attached hydrogens (tertiary/aromatic N) is 2. The Hall–Kier alpha value is -2.92. The van der Waals surface area contributed by atoms with E-state index in [1.54, 1.807) is 9.80 Å². The maximum absolute atomic E-state index is 14.0. The van der Waals surface area contributed by atoms with Crippen molar-refractivity contribution in [2.24, 2.45) is 0 Å². The molecule has 3 aromatic carbocycles. The van der Waals surface area contributed by atoms with Gasteiger partial charge in [-0.1, -0.05) is 72.2 Å². The van der Waals surface area contributed by atoms with Crippen LogP contribution >= 0.6 is 15.9 Å². The molecule has 164 valence electrons. The van der Waals surface area contributed by atoms with Crippen LogP contribution in [0.3, 0.4) is 0 Å². The van der Waals surface area contributed by atoms with Crippen molar-refractivity contribution in [1.82, 2.24) is 0 Å². The van der Waals surface area contributed by atoms with Gasteiger partial charge in [-0.2, -0.15) is 0 Å². The summed E-state index contributed by atoms with van der Waals surface area (Å²) in [5, 5.41) is 0. The van der Waals surface area contributed by atoms with Gasteiger partial charge in [0.15, 0.2) is 0 Å². The third-order valence-corrected chi connectivity index (χ3v) is 6.58. The Morgan fingerprint density at radius 1 is 0.875 bits per heavy atom. The maximum Gasteiger partial charge on any atom is 0.255 e. The van der Waals surface area contributed by atoms with Crippen molar-refractivity contribution in [2.75, 3.05) is 16.3 Å². The number of piperazine rings is 1. The first-order valence-electron chi connectivity index (χ1n) is 10.8. The van der Waals surface area contributed by atoms with Crippen molar-refractivity contribution in [3.63, 3.8) is 0 Å². The van der Waals surface area contributed by atoms with Crippen LogP contribution < -0.4 is 9.80 Å². The number of amides is 2. The number of anilines is 2. The Balaban J connectivity index is 1.84. The molecular weight excluding hydrogens is 464 g/mol. The van der Waals surface area contributed by atoms with Crippen LogP contribution in [0.5, 0.6) is 0 Å². The number of carbonyl (C=O) groups is 2. The van der Waals surface area contributed by atoms with Crippen molar-refractivity contribution in [3.05, 3.63) is 93.5 Å². The lowest BCUT2D eigenvalue weighted by molar-refractivity contribution is -0.128. The lowest BCUT2D eigenvalue weighted by Crippen LogP contribution is -2.56. The number of hydrogen-bond donors (Lipinski definition) is 0. The summed E-state index contributed by atoms with van der Waals surface area (Å²) in [7, 11) is 0. The van der Waals surface area contributed by atoms with Gasteiger partial charge in [0, 0.05) is 10.2 Å². The molecule has 0 bridgehead atoms. The summed E-state index contributed by atoms with van der Waals surface area (Å²) in [6.45, 7) is 8.25. The highest BCUT2D eigenvalue weighted by molar-refractivity contribution is 9.10. The van der Waals surface area contributed by atoms with E-state index >= 15 is 0 Å². The molecule has 1 aliphatic rings. The molecule has 0 aliphatic carbocycles. The quantitative estimate of drug-likeness (QED) is 0.429. The summed E-state index contributed by atoms with van der Waals surface area (Å²) >= 11 is 3.46. The Bertz CT molecular complexity index is 1130. The minimum atomic E-state index is -0.724. The fourth-order valence-electron chi connectivity index (χ4n) is 4.36. The second-order valence-electron chi connectivity index (χ2n) is 8.63. The van der Waals surface area contributed by atoms with E-state index in [1.165, 1.54) is 5.56 Å². The molecule has 0 spiro atoms. The van der Waals surface area contributed by atoms with Crippen LogP contribution in [0.15, 0.2) is 71.2 Å². The van der Waals surface area contributed by atoms with Crippen molar-refractivity contribution < 1.29 is 9.59 Å². The molecule has 1 saturated heterocycles. The molecule has 1 atom stereocenters.